The highest BCUT2D eigenvalue weighted by Crippen LogP contribution is 2.31. The van der Waals surface area contributed by atoms with Gasteiger partial charge in [0.05, 0.1) is 17.3 Å². The molecule has 0 bridgehead atoms. The second-order valence-corrected chi connectivity index (χ2v) is 6.40. The predicted molar refractivity (Wildman–Crippen MR) is 101 cm³/mol. The molecule has 0 saturated carbocycles. The number of nitrogens with one attached hydrogen (secondary N) is 1. The summed E-state index contributed by atoms with van der Waals surface area (Å²) in [7, 11) is 0. The standard InChI is InChI=1S/C20H20N6O/c27-19(15-6-5-10-21-14-15)26-13-4-2-7-17(26)16-9-12-23-20(24-16)25-18-8-1-3-11-22-18/h1,3,5-6,8-12,14,17H,2,4,7,13H2,(H,22,23,24,25). The van der Waals surface area contributed by atoms with E-state index in [4.69, 9.17) is 0 Å². The summed E-state index contributed by atoms with van der Waals surface area (Å²) in [6, 6.07) is 11.0. The molecule has 7 nitrogen and oxygen atoms in total. The van der Waals surface area contributed by atoms with Gasteiger partial charge >= 0.3 is 0 Å². The van der Waals surface area contributed by atoms with Crippen LogP contribution in [0.3, 0.4) is 0 Å². The summed E-state index contributed by atoms with van der Waals surface area (Å²) in [5, 5.41) is 3.11. The van der Waals surface area contributed by atoms with Crippen molar-refractivity contribution in [3.63, 3.8) is 0 Å². The number of pyridine rings is 2. The maximum absolute atomic E-state index is 13.0. The summed E-state index contributed by atoms with van der Waals surface area (Å²) in [5.41, 5.74) is 1.44. The molecule has 1 atom stereocenters. The maximum Gasteiger partial charge on any atom is 0.255 e. The molecular formula is C20H20N6O. The highest BCUT2D eigenvalue weighted by atomic mass is 16.2. The van der Waals surface area contributed by atoms with Crippen LogP contribution in [0, 0.1) is 0 Å². The molecule has 0 radical (unpaired) electrons. The second kappa shape index (κ2) is 7.90. The molecule has 1 saturated heterocycles. The van der Waals surface area contributed by atoms with Crippen molar-refractivity contribution < 1.29 is 4.79 Å². The van der Waals surface area contributed by atoms with Crippen LogP contribution in [0.1, 0.15) is 41.4 Å². The van der Waals surface area contributed by atoms with Crippen molar-refractivity contribution in [2.24, 2.45) is 0 Å². The van der Waals surface area contributed by atoms with Gasteiger partial charge in [-0.25, -0.2) is 15.0 Å². The molecule has 0 spiro atoms. The Morgan fingerprint density at radius 1 is 1.04 bits per heavy atom. The minimum Gasteiger partial charge on any atom is -0.330 e. The van der Waals surface area contributed by atoms with Crippen molar-refractivity contribution in [2.45, 2.75) is 25.3 Å². The van der Waals surface area contributed by atoms with E-state index in [9.17, 15) is 4.79 Å². The van der Waals surface area contributed by atoms with Crippen LogP contribution in [-0.2, 0) is 0 Å². The number of anilines is 2. The lowest BCUT2D eigenvalue weighted by molar-refractivity contribution is 0.0605. The third kappa shape index (κ3) is 3.92. The van der Waals surface area contributed by atoms with Crippen LogP contribution in [0.2, 0.25) is 0 Å². The predicted octanol–water partition coefficient (Wildman–Crippen LogP) is 3.38. The topological polar surface area (TPSA) is 83.9 Å². The Labute approximate surface area is 157 Å². The third-order valence-electron chi connectivity index (χ3n) is 4.60. The van der Waals surface area contributed by atoms with E-state index in [0.717, 1.165) is 25.0 Å². The second-order valence-electron chi connectivity index (χ2n) is 6.40. The van der Waals surface area contributed by atoms with Gasteiger partial charge in [0.1, 0.15) is 5.82 Å². The fourth-order valence-corrected chi connectivity index (χ4v) is 3.31. The average Bonchev–Trinajstić information content (AvgIpc) is 2.75. The van der Waals surface area contributed by atoms with Crippen LogP contribution in [0.15, 0.2) is 61.2 Å². The molecule has 1 fully saturated rings. The average molecular weight is 360 g/mol. The summed E-state index contributed by atoms with van der Waals surface area (Å²) in [6.07, 6.45) is 9.65. The van der Waals surface area contributed by atoms with Gasteiger partial charge in [0, 0.05) is 31.3 Å². The zero-order valence-electron chi connectivity index (χ0n) is 14.8. The number of piperidine rings is 1. The minimum atomic E-state index is -0.0706. The first-order chi connectivity index (χ1) is 13.3. The zero-order chi connectivity index (χ0) is 18.5. The van der Waals surface area contributed by atoms with E-state index < -0.39 is 0 Å². The molecule has 27 heavy (non-hydrogen) atoms. The minimum absolute atomic E-state index is 0.00866. The normalized spacial score (nSPS) is 16.7. The van der Waals surface area contributed by atoms with Crippen LogP contribution in [0.5, 0.6) is 0 Å². The summed E-state index contributed by atoms with van der Waals surface area (Å²) in [6.45, 7) is 0.714. The van der Waals surface area contributed by atoms with Crippen molar-refractivity contribution >= 4 is 17.7 Å². The molecule has 136 valence electrons. The SMILES string of the molecule is O=C(c1cccnc1)N1CCCCC1c1ccnc(Nc2ccccn2)n1. The van der Waals surface area contributed by atoms with Crippen molar-refractivity contribution in [3.05, 3.63) is 72.4 Å². The van der Waals surface area contributed by atoms with Gasteiger partial charge in [-0.2, -0.15) is 0 Å². The lowest BCUT2D eigenvalue weighted by Crippen LogP contribution is -2.39. The van der Waals surface area contributed by atoms with Crippen LogP contribution in [-0.4, -0.2) is 37.3 Å². The summed E-state index contributed by atoms with van der Waals surface area (Å²) in [5.74, 6) is 1.15. The van der Waals surface area contributed by atoms with Crippen LogP contribution in [0.4, 0.5) is 11.8 Å². The number of likely N-dealkylation sites (tertiary alicyclic amines) is 1. The number of hydrogen-bond donors (Lipinski definition) is 1. The van der Waals surface area contributed by atoms with Crippen LogP contribution >= 0.6 is 0 Å². The lowest BCUT2D eigenvalue weighted by Gasteiger charge is -2.35. The van der Waals surface area contributed by atoms with E-state index in [1.54, 1.807) is 36.9 Å². The molecule has 1 N–H and O–H groups in total. The molecule has 3 aromatic heterocycles. The summed E-state index contributed by atoms with van der Waals surface area (Å²) in [4.78, 5) is 32.1. The van der Waals surface area contributed by atoms with Gasteiger partial charge in [-0.05, 0) is 49.6 Å². The van der Waals surface area contributed by atoms with E-state index in [0.29, 0.717) is 23.9 Å². The fourth-order valence-electron chi connectivity index (χ4n) is 3.31. The number of hydrogen-bond acceptors (Lipinski definition) is 6. The molecule has 1 amide bonds. The van der Waals surface area contributed by atoms with Gasteiger partial charge in [0.2, 0.25) is 5.95 Å². The monoisotopic (exact) mass is 360 g/mol. The fraction of sp³-hybridized carbons (Fsp3) is 0.250. The van der Waals surface area contributed by atoms with Crippen molar-refractivity contribution in [3.8, 4) is 0 Å². The number of amides is 1. The number of carbonyl (C=O) groups is 1. The third-order valence-corrected chi connectivity index (χ3v) is 4.60. The Bertz CT molecular complexity index is 903. The van der Waals surface area contributed by atoms with Gasteiger partial charge in [-0.3, -0.25) is 9.78 Å². The smallest absolute Gasteiger partial charge is 0.255 e. The quantitative estimate of drug-likeness (QED) is 0.768. The van der Waals surface area contributed by atoms with Gasteiger partial charge in [0.25, 0.3) is 5.91 Å². The molecule has 0 aromatic carbocycles. The molecule has 1 aliphatic rings. The summed E-state index contributed by atoms with van der Waals surface area (Å²) < 4.78 is 0. The zero-order valence-corrected chi connectivity index (χ0v) is 14.8. The van der Waals surface area contributed by atoms with E-state index >= 15 is 0 Å². The van der Waals surface area contributed by atoms with Gasteiger partial charge in [-0.1, -0.05) is 6.07 Å². The van der Waals surface area contributed by atoms with E-state index in [1.807, 2.05) is 29.2 Å². The van der Waals surface area contributed by atoms with Crippen LogP contribution in [0.25, 0.3) is 0 Å². The first-order valence-corrected chi connectivity index (χ1v) is 9.03. The molecule has 1 unspecified atom stereocenters. The first kappa shape index (κ1) is 17.1. The van der Waals surface area contributed by atoms with Gasteiger partial charge < -0.3 is 10.2 Å². The van der Waals surface area contributed by atoms with Crippen molar-refractivity contribution in [1.82, 2.24) is 24.8 Å². The number of rotatable bonds is 4. The number of nitrogens with zero attached hydrogens (tertiary/aromatic N) is 5. The van der Waals surface area contributed by atoms with E-state index in [2.05, 4.69) is 25.3 Å². The molecule has 0 aliphatic carbocycles. The number of carbonyl (C=O) groups excluding carboxylic acids is 1. The molecular weight excluding hydrogens is 340 g/mol. The Balaban J connectivity index is 1.58. The highest BCUT2D eigenvalue weighted by molar-refractivity contribution is 5.94. The molecule has 1 aliphatic heterocycles. The Hall–Kier alpha value is -3.35. The van der Waals surface area contributed by atoms with E-state index in [-0.39, 0.29) is 11.9 Å². The van der Waals surface area contributed by atoms with Gasteiger partial charge in [0.15, 0.2) is 0 Å². The van der Waals surface area contributed by atoms with E-state index in [1.165, 1.54) is 0 Å². The van der Waals surface area contributed by atoms with Crippen LogP contribution < -0.4 is 5.32 Å². The largest absolute Gasteiger partial charge is 0.330 e. The first-order valence-electron chi connectivity index (χ1n) is 9.03. The Morgan fingerprint density at radius 3 is 2.81 bits per heavy atom. The van der Waals surface area contributed by atoms with Crippen molar-refractivity contribution in [1.29, 1.82) is 0 Å². The molecule has 3 aromatic rings. The summed E-state index contributed by atoms with van der Waals surface area (Å²) >= 11 is 0. The Kier molecular flexibility index (Phi) is 5.00. The lowest BCUT2D eigenvalue weighted by atomic mass is 9.98. The van der Waals surface area contributed by atoms with Crippen molar-refractivity contribution in [2.75, 3.05) is 11.9 Å². The molecule has 4 rings (SSSR count). The highest BCUT2D eigenvalue weighted by Gasteiger charge is 2.30. The van der Waals surface area contributed by atoms with Gasteiger partial charge in [-0.15, -0.1) is 0 Å². The molecule has 7 heteroatoms. The Morgan fingerprint density at radius 2 is 2.00 bits per heavy atom. The molecule has 4 heterocycles. The number of aromatic nitrogens is 4. The maximum atomic E-state index is 13.0.